The number of nitrogens with zero attached hydrogens (tertiary/aromatic N) is 1. The minimum Gasteiger partial charge on any atom is -0.495 e. The van der Waals surface area contributed by atoms with Crippen molar-refractivity contribution in [2.75, 3.05) is 27.7 Å². The summed E-state index contributed by atoms with van der Waals surface area (Å²) in [5, 5.41) is 2.55. The fourth-order valence-electron chi connectivity index (χ4n) is 1.94. The molecule has 0 aliphatic rings. The molecular formula is C17H24N2O6S. The van der Waals surface area contributed by atoms with Gasteiger partial charge in [-0.25, -0.2) is 17.5 Å². The number of methoxy groups -OCH3 is 1. The topological polar surface area (TPSA) is 102 Å². The van der Waals surface area contributed by atoms with Crippen LogP contribution in [0.5, 0.6) is 5.75 Å². The molecule has 0 radical (unpaired) electrons. The second-order valence-corrected chi connectivity index (χ2v) is 7.63. The Morgan fingerprint density at radius 2 is 1.96 bits per heavy atom. The largest absolute Gasteiger partial charge is 0.495 e. The Kier molecular flexibility index (Phi) is 7.78. The Morgan fingerprint density at radius 1 is 1.31 bits per heavy atom. The number of ether oxygens (including phenoxy) is 2. The van der Waals surface area contributed by atoms with E-state index in [1.807, 2.05) is 0 Å². The summed E-state index contributed by atoms with van der Waals surface area (Å²) >= 11 is 0. The Bertz CT molecular complexity index is 786. The van der Waals surface area contributed by atoms with Crippen LogP contribution in [0.15, 0.2) is 29.2 Å². The first kappa shape index (κ1) is 21.7. The van der Waals surface area contributed by atoms with Crippen LogP contribution < -0.4 is 10.1 Å². The summed E-state index contributed by atoms with van der Waals surface area (Å²) in [7, 11) is 0.491. The molecule has 0 aromatic heterocycles. The van der Waals surface area contributed by atoms with Gasteiger partial charge in [-0.15, -0.1) is 0 Å². The minimum absolute atomic E-state index is 0.0174. The number of benzene rings is 1. The zero-order valence-electron chi connectivity index (χ0n) is 15.5. The van der Waals surface area contributed by atoms with Gasteiger partial charge >= 0.3 is 5.97 Å². The van der Waals surface area contributed by atoms with Crippen molar-refractivity contribution in [1.82, 2.24) is 9.62 Å². The van der Waals surface area contributed by atoms with E-state index >= 15 is 0 Å². The minimum atomic E-state index is -3.71. The summed E-state index contributed by atoms with van der Waals surface area (Å²) in [6, 6.07) is 4.49. The van der Waals surface area contributed by atoms with Crippen molar-refractivity contribution in [2.24, 2.45) is 0 Å². The molecule has 0 spiro atoms. The molecule has 0 bridgehead atoms. The van der Waals surface area contributed by atoms with Gasteiger partial charge < -0.3 is 14.8 Å². The summed E-state index contributed by atoms with van der Waals surface area (Å²) in [6.45, 7) is 3.66. The Labute approximate surface area is 153 Å². The lowest BCUT2D eigenvalue weighted by Crippen LogP contribution is -2.35. The van der Waals surface area contributed by atoms with E-state index in [-0.39, 0.29) is 10.6 Å². The van der Waals surface area contributed by atoms with Crippen LogP contribution in [0.2, 0.25) is 0 Å². The van der Waals surface area contributed by atoms with Gasteiger partial charge in [0.1, 0.15) is 10.6 Å². The van der Waals surface area contributed by atoms with Crippen LogP contribution in [0.4, 0.5) is 0 Å². The lowest BCUT2D eigenvalue weighted by atomic mass is 10.2. The fourth-order valence-corrected chi connectivity index (χ4v) is 3.03. The smallest absolute Gasteiger partial charge is 0.331 e. The molecule has 26 heavy (non-hydrogen) atoms. The third kappa shape index (κ3) is 5.57. The van der Waals surface area contributed by atoms with E-state index in [4.69, 9.17) is 9.47 Å². The first-order valence-corrected chi connectivity index (χ1v) is 9.34. The van der Waals surface area contributed by atoms with Crippen molar-refractivity contribution in [1.29, 1.82) is 0 Å². The Balaban J connectivity index is 2.99. The van der Waals surface area contributed by atoms with Crippen molar-refractivity contribution in [3.63, 3.8) is 0 Å². The highest BCUT2D eigenvalue weighted by Gasteiger charge is 2.22. The number of carbonyl (C=O) groups excluding carboxylic acids is 2. The van der Waals surface area contributed by atoms with Crippen LogP contribution in [0.1, 0.15) is 19.4 Å². The summed E-state index contributed by atoms with van der Waals surface area (Å²) in [6.07, 6.45) is 1.61. The highest BCUT2D eigenvalue weighted by molar-refractivity contribution is 7.89. The van der Waals surface area contributed by atoms with Crippen molar-refractivity contribution in [2.45, 2.75) is 24.8 Å². The standard InChI is InChI=1S/C17H24N2O6S/c1-6-18-17(21)12(2)25-16(20)10-8-13-7-9-14(24-5)15(11-13)26(22,23)19(3)4/h7-12H,6H2,1-5H3,(H,18,21)/b10-8+/t12-/m0/s1. The zero-order valence-corrected chi connectivity index (χ0v) is 16.3. The van der Waals surface area contributed by atoms with Crippen molar-refractivity contribution >= 4 is 28.0 Å². The Morgan fingerprint density at radius 3 is 2.50 bits per heavy atom. The number of rotatable bonds is 8. The molecule has 8 nitrogen and oxygen atoms in total. The van der Waals surface area contributed by atoms with E-state index in [2.05, 4.69) is 5.32 Å². The van der Waals surface area contributed by atoms with E-state index in [0.717, 1.165) is 10.4 Å². The van der Waals surface area contributed by atoms with Gasteiger partial charge in [0.05, 0.1) is 7.11 Å². The third-order valence-corrected chi connectivity index (χ3v) is 5.21. The van der Waals surface area contributed by atoms with Gasteiger partial charge in [0.2, 0.25) is 10.0 Å². The highest BCUT2D eigenvalue weighted by Crippen LogP contribution is 2.27. The zero-order chi connectivity index (χ0) is 19.9. The van der Waals surface area contributed by atoms with Crippen LogP contribution in [-0.4, -0.2) is 58.5 Å². The molecule has 1 aromatic rings. The van der Waals surface area contributed by atoms with Gasteiger partial charge in [-0.2, -0.15) is 0 Å². The first-order chi connectivity index (χ1) is 12.1. The molecular weight excluding hydrogens is 360 g/mol. The summed E-state index contributed by atoms with van der Waals surface area (Å²) < 4.78 is 35.9. The van der Waals surface area contributed by atoms with Crippen LogP contribution in [0.25, 0.3) is 6.08 Å². The molecule has 0 saturated carbocycles. The van der Waals surface area contributed by atoms with E-state index in [1.165, 1.54) is 46.3 Å². The van der Waals surface area contributed by atoms with Crippen LogP contribution in [-0.2, 0) is 24.3 Å². The number of carbonyl (C=O) groups is 2. The number of hydrogen-bond acceptors (Lipinski definition) is 6. The molecule has 0 saturated heterocycles. The number of esters is 1. The van der Waals surface area contributed by atoms with Crippen molar-refractivity contribution < 1.29 is 27.5 Å². The van der Waals surface area contributed by atoms with Gasteiger partial charge in [0.15, 0.2) is 6.10 Å². The maximum atomic E-state index is 12.4. The van der Waals surface area contributed by atoms with Crippen LogP contribution in [0.3, 0.4) is 0 Å². The molecule has 1 N–H and O–H groups in total. The molecule has 1 aromatic carbocycles. The normalized spacial score (nSPS) is 12.8. The number of nitrogens with one attached hydrogen (secondary N) is 1. The average Bonchev–Trinajstić information content (AvgIpc) is 2.59. The number of likely N-dealkylation sites (N-methyl/N-ethyl adjacent to an activating group) is 1. The second-order valence-electron chi connectivity index (χ2n) is 5.50. The van der Waals surface area contributed by atoms with Crippen molar-refractivity contribution in [3.8, 4) is 5.75 Å². The number of hydrogen-bond donors (Lipinski definition) is 1. The van der Waals surface area contributed by atoms with Crippen molar-refractivity contribution in [3.05, 3.63) is 29.8 Å². The summed E-state index contributed by atoms with van der Waals surface area (Å²) in [5.41, 5.74) is 0.467. The summed E-state index contributed by atoms with van der Waals surface area (Å²) in [5.74, 6) is -0.905. The maximum Gasteiger partial charge on any atom is 0.331 e. The molecule has 0 aliphatic carbocycles. The monoisotopic (exact) mass is 384 g/mol. The lowest BCUT2D eigenvalue weighted by molar-refractivity contribution is -0.150. The van der Waals surface area contributed by atoms with E-state index < -0.39 is 28.0 Å². The molecule has 1 atom stereocenters. The molecule has 144 valence electrons. The first-order valence-electron chi connectivity index (χ1n) is 7.90. The molecule has 1 amide bonds. The maximum absolute atomic E-state index is 12.4. The molecule has 0 fully saturated rings. The van der Waals surface area contributed by atoms with Gasteiger partial charge in [0.25, 0.3) is 5.91 Å². The van der Waals surface area contributed by atoms with Gasteiger partial charge in [-0.1, -0.05) is 6.07 Å². The number of amides is 1. The van der Waals surface area contributed by atoms with Gasteiger partial charge in [-0.3, -0.25) is 4.79 Å². The number of sulfonamides is 1. The van der Waals surface area contributed by atoms with E-state index in [9.17, 15) is 18.0 Å². The molecule has 0 aliphatic heterocycles. The molecule has 9 heteroatoms. The predicted octanol–water partition coefficient (Wildman–Crippen LogP) is 1.03. The highest BCUT2D eigenvalue weighted by atomic mass is 32.2. The molecule has 1 rings (SSSR count). The average molecular weight is 384 g/mol. The fraction of sp³-hybridized carbons (Fsp3) is 0.412. The predicted molar refractivity (Wildman–Crippen MR) is 97.1 cm³/mol. The quantitative estimate of drug-likeness (QED) is 0.530. The van der Waals surface area contributed by atoms with E-state index in [1.54, 1.807) is 13.0 Å². The lowest BCUT2D eigenvalue weighted by Gasteiger charge is -2.15. The van der Waals surface area contributed by atoms with E-state index in [0.29, 0.717) is 12.1 Å². The summed E-state index contributed by atoms with van der Waals surface area (Å²) in [4.78, 5) is 23.3. The van der Waals surface area contributed by atoms with Crippen LogP contribution >= 0.6 is 0 Å². The van der Waals surface area contributed by atoms with Crippen LogP contribution in [0, 0.1) is 0 Å². The van der Waals surface area contributed by atoms with Gasteiger partial charge in [-0.05, 0) is 37.6 Å². The third-order valence-electron chi connectivity index (χ3n) is 3.37. The molecule has 0 unspecified atom stereocenters. The Hall–Kier alpha value is -2.39. The van der Waals surface area contributed by atoms with Gasteiger partial charge in [0, 0.05) is 26.7 Å². The SMILES string of the molecule is CCNC(=O)[C@H](C)OC(=O)/C=C/c1ccc(OC)c(S(=O)(=O)N(C)C)c1. The molecule has 0 heterocycles. The second kappa shape index (κ2) is 9.35.